The molecule has 19 heteroatoms. The maximum atomic E-state index is 13.4. The zero-order valence-electron chi connectivity index (χ0n) is 13.3. The van der Waals surface area contributed by atoms with Gasteiger partial charge in [-0.1, -0.05) is 6.08 Å². The lowest BCUT2D eigenvalue weighted by Gasteiger charge is -2.19. The monoisotopic (exact) mass is 467 g/mol. The molecule has 0 fully saturated rings. The molecule has 15 nitrogen and oxygen atoms in total. The first-order valence-corrected chi connectivity index (χ1v) is 11.4. The lowest BCUT2D eigenvalue weighted by atomic mass is 10.4. The Kier molecular flexibility index (Phi) is 6.76. The Morgan fingerprint density at radius 3 is 2.43 bits per heavy atom. The van der Waals surface area contributed by atoms with Gasteiger partial charge in [-0.3, -0.25) is 9.09 Å². The molecule has 6 N–H and O–H groups in total. The highest BCUT2D eigenvalue weighted by Gasteiger charge is 2.41. The van der Waals surface area contributed by atoms with Crippen LogP contribution in [0.3, 0.4) is 0 Å². The van der Waals surface area contributed by atoms with Gasteiger partial charge in [0.1, 0.15) is 6.10 Å². The molecule has 4 atom stereocenters. The largest absolute Gasteiger partial charge is 0.490 e. The van der Waals surface area contributed by atoms with E-state index in [1.54, 1.807) is 0 Å². The predicted molar refractivity (Wildman–Crippen MR) is 85.7 cm³/mol. The van der Waals surface area contributed by atoms with Crippen LogP contribution in [-0.4, -0.2) is 41.8 Å². The number of nitrogens with zero attached hydrogens (tertiary/aromatic N) is 2. The number of rotatable bonds is 8. The van der Waals surface area contributed by atoms with Crippen LogP contribution in [0.25, 0.3) is 0 Å². The van der Waals surface area contributed by atoms with Crippen LogP contribution >= 0.6 is 23.5 Å². The quantitative estimate of drug-likeness (QED) is 0.245. The average molecular weight is 467 g/mol. The second kappa shape index (κ2) is 8.22. The van der Waals surface area contributed by atoms with E-state index in [0.717, 1.165) is 10.8 Å². The predicted octanol–water partition coefficient (Wildman–Crippen LogP) is -0.239. The van der Waals surface area contributed by atoms with Crippen LogP contribution in [0.2, 0.25) is 0 Å². The van der Waals surface area contributed by atoms with Gasteiger partial charge in [0.2, 0.25) is 0 Å². The summed E-state index contributed by atoms with van der Waals surface area (Å²) < 4.78 is 64.2. The molecule has 0 saturated heterocycles. The Bertz CT molecular complexity index is 975. The third kappa shape index (κ3) is 6.65. The number of aromatic nitrogens is 2. The van der Waals surface area contributed by atoms with Gasteiger partial charge in [-0.15, -0.1) is 0 Å². The number of ether oxygens (including phenoxy) is 1. The third-order valence-electron chi connectivity index (χ3n) is 2.83. The molecule has 0 radical (unpaired) electrons. The molecule has 0 amide bonds. The van der Waals surface area contributed by atoms with Crippen molar-refractivity contribution in [2.45, 2.75) is 12.3 Å². The molecule has 2 heterocycles. The summed E-state index contributed by atoms with van der Waals surface area (Å²) in [4.78, 5) is 50.1. The van der Waals surface area contributed by atoms with Crippen molar-refractivity contribution in [1.29, 1.82) is 0 Å². The fourth-order valence-electron chi connectivity index (χ4n) is 1.85. The third-order valence-corrected chi connectivity index (χ3v) is 6.63. The average Bonchev–Trinajstić information content (AvgIpc) is 2.94. The highest BCUT2D eigenvalue weighted by Crippen LogP contribution is 2.66. The topological polar surface area (TPSA) is 230 Å². The molecule has 1 aliphatic heterocycles. The molecule has 0 bridgehead atoms. The molecule has 0 aromatic carbocycles. The molecule has 2 unspecified atom stereocenters. The summed E-state index contributed by atoms with van der Waals surface area (Å²) >= 11 is 0. The Morgan fingerprint density at radius 1 is 1.18 bits per heavy atom. The summed E-state index contributed by atoms with van der Waals surface area (Å²) in [5, 5.41) is 0. The van der Waals surface area contributed by atoms with E-state index in [-0.39, 0.29) is 0 Å². The normalized spacial score (nSPS) is 24.0. The Morgan fingerprint density at radius 2 is 1.82 bits per heavy atom. The van der Waals surface area contributed by atoms with E-state index in [9.17, 15) is 27.8 Å². The maximum Gasteiger partial charge on any atom is 0.490 e. The molecule has 0 aliphatic carbocycles. The number of nitrogen functional groups attached to an aromatic ring is 1. The summed E-state index contributed by atoms with van der Waals surface area (Å²) in [6.45, 7) is -0.768. The van der Waals surface area contributed by atoms with Crippen LogP contribution in [0.4, 0.5) is 10.2 Å². The Hall–Kier alpha value is -1.28. The van der Waals surface area contributed by atoms with Crippen LogP contribution in [0, 0.1) is 5.82 Å². The summed E-state index contributed by atoms with van der Waals surface area (Å²) in [5.74, 6) is -1.61. The van der Waals surface area contributed by atoms with E-state index in [4.69, 9.17) is 25.2 Å². The van der Waals surface area contributed by atoms with Gasteiger partial charge in [-0.25, -0.2) is 22.9 Å². The van der Waals surface area contributed by atoms with Crippen molar-refractivity contribution in [3.05, 3.63) is 34.7 Å². The maximum absolute atomic E-state index is 13.4. The first-order valence-electron chi connectivity index (χ1n) is 6.84. The lowest BCUT2D eigenvalue weighted by Crippen LogP contribution is -2.29. The van der Waals surface area contributed by atoms with Crippen molar-refractivity contribution in [2.24, 2.45) is 0 Å². The molecule has 0 spiro atoms. The zero-order chi connectivity index (χ0) is 21.3. The minimum Gasteiger partial charge on any atom is -0.381 e. The van der Waals surface area contributed by atoms with E-state index in [1.807, 2.05) is 0 Å². The highest BCUT2D eigenvalue weighted by atomic mass is 31.3. The minimum atomic E-state index is -5.64. The van der Waals surface area contributed by atoms with E-state index >= 15 is 0 Å². The van der Waals surface area contributed by atoms with Gasteiger partial charge in [0.15, 0.2) is 17.9 Å². The van der Waals surface area contributed by atoms with Crippen molar-refractivity contribution < 1.29 is 55.5 Å². The van der Waals surface area contributed by atoms with Gasteiger partial charge in [0, 0.05) is 0 Å². The molecule has 28 heavy (non-hydrogen) atoms. The number of phosphoric acid groups is 3. The number of anilines is 1. The SMILES string of the molecule is Nc1nc(=O)n([C@@H]2C=C[C@H](COP(=O)(O)OP(=O)(O)OP(=O)(O)O)O2)cc1F. The molecule has 2 rings (SSSR count). The smallest absolute Gasteiger partial charge is 0.381 e. The number of nitrogens with two attached hydrogens (primary N) is 1. The summed E-state index contributed by atoms with van der Waals surface area (Å²) in [7, 11) is -16.5. The zero-order valence-corrected chi connectivity index (χ0v) is 16.0. The standard InChI is InChI=1S/C9H13FN3O12P3/c10-6-3-13(9(14)12-8(6)11)7-2-1-5(23-7)4-22-27(18,19)25-28(20,21)24-26(15,16)17/h1-3,5,7H,4H2,(H,18,19)(H,20,21)(H2,11,12,14)(H2,15,16,17)/t5-,7+/m1/s1. The van der Waals surface area contributed by atoms with Gasteiger partial charge in [-0.2, -0.15) is 13.6 Å². The first-order chi connectivity index (χ1) is 12.7. The van der Waals surface area contributed by atoms with Crippen molar-refractivity contribution in [3.8, 4) is 0 Å². The molecule has 1 aromatic rings. The van der Waals surface area contributed by atoms with Gasteiger partial charge >= 0.3 is 29.2 Å². The summed E-state index contributed by atoms with van der Waals surface area (Å²) in [6.07, 6.45) is 0.969. The summed E-state index contributed by atoms with van der Waals surface area (Å²) in [5.41, 5.74) is 4.20. The van der Waals surface area contributed by atoms with Crippen molar-refractivity contribution in [3.63, 3.8) is 0 Å². The van der Waals surface area contributed by atoms with E-state index in [0.29, 0.717) is 0 Å². The van der Waals surface area contributed by atoms with Crippen LogP contribution in [-0.2, 0) is 31.6 Å². The number of hydrogen-bond donors (Lipinski definition) is 5. The number of halogens is 1. The number of phosphoric ester groups is 1. The Balaban J connectivity index is 1.96. The Labute approximate surface area is 154 Å². The fraction of sp³-hybridized carbons (Fsp3) is 0.333. The second-order valence-corrected chi connectivity index (χ2v) is 9.42. The first kappa shape index (κ1) is 23.0. The molecule has 1 aromatic heterocycles. The van der Waals surface area contributed by atoms with E-state index in [2.05, 4.69) is 18.1 Å². The van der Waals surface area contributed by atoms with Gasteiger partial charge in [0.05, 0.1) is 12.8 Å². The van der Waals surface area contributed by atoms with Gasteiger partial charge in [0.25, 0.3) is 0 Å². The van der Waals surface area contributed by atoms with Gasteiger partial charge in [-0.05, 0) is 6.08 Å². The molecule has 1 aliphatic rings. The number of hydrogen-bond acceptors (Lipinski definition) is 10. The lowest BCUT2D eigenvalue weighted by molar-refractivity contribution is -0.0107. The second-order valence-electron chi connectivity index (χ2n) is 5.00. The van der Waals surface area contributed by atoms with Crippen molar-refractivity contribution in [1.82, 2.24) is 9.55 Å². The molecule has 0 saturated carbocycles. The highest BCUT2D eigenvalue weighted by molar-refractivity contribution is 7.66. The fourth-order valence-corrected chi connectivity index (χ4v) is 4.88. The van der Waals surface area contributed by atoms with Crippen molar-refractivity contribution >= 4 is 29.3 Å². The van der Waals surface area contributed by atoms with Crippen LogP contribution < -0.4 is 11.4 Å². The molecule has 158 valence electrons. The minimum absolute atomic E-state index is 0.618. The van der Waals surface area contributed by atoms with Crippen molar-refractivity contribution in [2.75, 3.05) is 12.3 Å². The van der Waals surface area contributed by atoms with Crippen LogP contribution in [0.1, 0.15) is 6.23 Å². The van der Waals surface area contributed by atoms with Crippen LogP contribution in [0.5, 0.6) is 0 Å². The summed E-state index contributed by atoms with van der Waals surface area (Å²) in [6, 6.07) is 0. The van der Waals surface area contributed by atoms with E-state index < -0.39 is 59.7 Å². The van der Waals surface area contributed by atoms with Crippen LogP contribution in [0.15, 0.2) is 23.1 Å². The molecular weight excluding hydrogens is 454 g/mol. The molecular formula is C9H13FN3O12P3. The van der Waals surface area contributed by atoms with E-state index in [1.165, 1.54) is 12.2 Å². The van der Waals surface area contributed by atoms with Gasteiger partial charge < -0.3 is 30.0 Å².